The van der Waals surface area contributed by atoms with Crippen molar-refractivity contribution in [2.24, 2.45) is 5.73 Å². The predicted octanol–water partition coefficient (Wildman–Crippen LogP) is 0.686. The molecule has 2 atom stereocenters. The molecule has 19 heavy (non-hydrogen) atoms. The van der Waals surface area contributed by atoms with Crippen LogP contribution in [-0.4, -0.2) is 34.6 Å². The van der Waals surface area contributed by atoms with Crippen molar-refractivity contribution < 1.29 is 14.8 Å². The first-order valence-electron chi connectivity index (χ1n) is 5.48. The van der Waals surface area contributed by atoms with E-state index in [2.05, 4.69) is 5.32 Å². The number of aliphatic hydroxyl groups is 1. The van der Waals surface area contributed by atoms with Crippen LogP contribution < -0.4 is 11.1 Å². The van der Waals surface area contributed by atoms with Crippen molar-refractivity contribution in [3.63, 3.8) is 0 Å². The second kappa shape index (κ2) is 6.46. The second-order valence-electron chi connectivity index (χ2n) is 4.07. The van der Waals surface area contributed by atoms with Crippen molar-refractivity contribution in [2.75, 3.05) is 6.54 Å². The molecule has 7 nitrogen and oxygen atoms in total. The highest BCUT2D eigenvalue weighted by Gasteiger charge is 2.15. The minimum absolute atomic E-state index is 0.0524. The summed E-state index contributed by atoms with van der Waals surface area (Å²) in [5.41, 5.74) is 5.35. The Morgan fingerprint density at radius 1 is 1.58 bits per heavy atom. The van der Waals surface area contributed by atoms with Crippen LogP contribution in [0.25, 0.3) is 0 Å². The smallest absolute Gasteiger partial charge is 0.271 e. The average molecular weight is 288 g/mol. The van der Waals surface area contributed by atoms with Crippen LogP contribution in [0.4, 0.5) is 5.69 Å². The Labute approximate surface area is 114 Å². The van der Waals surface area contributed by atoms with Crippen molar-refractivity contribution in [1.82, 2.24) is 5.32 Å². The summed E-state index contributed by atoms with van der Waals surface area (Å²) in [7, 11) is 0. The monoisotopic (exact) mass is 287 g/mol. The number of nitrogens with zero attached hydrogens (tertiary/aromatic N) is 1. The first kappa shape index (κ1) is 15.4. The molecule has 8 heteroatoms. The molecule has 104 valence electrons. The van der Waals surface area contributed by atoms with Gasteiger partial charge in [0.1, 0.15) is 0 Å². The molecule has 1 rings (SSSR count). The van der Waals surface area contributed by atoms with Crippen molar-refractivity contribution in [1.29, 1.82) is 0 Å². The van der Waals surface area contributed by atoms with Gasteiger partial charge in [0, 0.05) is 35.3 Å². The van der Waals surface area contributed by atoms with Crippen LogP contribution in [-0.2, 0) is 0 Å². The Morgan fingerprint density at radius 3 is 2.74 bits per heavy atom. The van der Waals surface area contributed by atoms with Gasteiger partial charge in [-0.2, -0.15) is 0 Å². The highest BCUT2D eigenvalue weighted by molar-refractivity contribution is 6.31. The number of amides is 1. The largest absolute Gasteiger partial charge is 0.392 e. The van der Waals surface area contributed by atoms with Crippen LogP contribution in [0.1, 0.15) is 17.3 Å². The van der Waals surface area contributed by atoms with Gasteiger partial charge < -0.3 is 16.2 Å². The molecule has 0 bridgehead atoms. The van der Waals surface area contributed by atoms with Gasteiger partial charge in [-0.1, -0.05) is 11.6 Å². The van der Waals surface area contributed by atoms with Gasteiger partial charge in [0.2, 0.25) is 0 Å². The van der Waals surface area contributed by atoms with E-state index in [4.69, 9.17) is 17.3 Å². The predicted molar refractivity (Wildman–Crippen MR) is 70.1 cm³/mol. The zero-order chi connectivity index (χ0) is 14.6. The number of nitro benzene ring substituents is 1. The van der Waals surface area contributed by atoms with E-state index in [1.54, 1.807) is 0 Å². The first-order chi connectivity index (χ1) is 8.81. The molecule has 0 radical (unpaired) electrons. The number of non-ortho nitro benzene ring substituents is 1. The minimum atomic E-state index is -0.769. The van der Waals surface area contributed by atoms with Crippen LogP contribution in [0.15, 0.2) is 18.2 Å². The van der Waals surface area contributed by atoms with Gasteiger partial charge in [0.05, 0.1) is 11.0 Å². The van der Waals surface area contributed by atoms with Gasteiger partial charge in [-0.15, -0.1) is 0 Å². The second-order valence-corrected chi connectivity index (χ2v) is 4.51. The summed E-state index contributed by atoms with van der Waals surface area (Å²) in [6.45, 7) is 1.55. The number of nitrogens with two attached hydrogens (primary N) is 1. The van der Waals surface area contributed by atoms with Crippen molar-refractivity contribution in [3.05, 3.63) is 38.9 Å². The van der Waals surface area contributed by atoms with E-state index < -0.39 is 23.0 Å². The third-order valence-corrected chi connectivity index (χ3v) is 2.69. The molecule has 1 amide bonds. The molecule has 4 N–H and O–H groups in total. The van der Waals surface area contributed by atoms with E-state index in [0.717, 1.165) is 12.1 Å². The highest BCUT2D eigenvalue weighted by Crippen LogP contribution is 2.20. The number of rotatable bonds is 5. The molecule has 0 aliphatic heterocycles. The fourth-order valence-electron chi connectivity index (χ4n) is 1.29. The fraction of sp³-hybridized carbons (Fsp3) is 0.364. The Kier molecular flexibility index (Phi) is 5.22. The zero-order valence-electron chi connectivity index (χ0n) is 10.2. The maximum absolute atomic E-state index is 11.8. The SMILES string of the molecule is CC(O)C(N)CNC(=O)c1cc(Cl)cc([N+](=O)[O-])c1. The van der Waals surface area contributed by atoms with Crippen LogP contribution >= 0.6 is 11.6 Å². The third kappa shape index (κ3) is 4.47. The summed E-state index contributed by atoms with van der Waals surface area (Å²) in [6.07, 6.45) is -0.769. The number of halogens is 1. The van der Waals surface area contributed by atoms with E-state index in [1.165, 1.54) is 13.0 Å². The fourth-order valence-corrected chi connectivity index (χ4v) is 1.52. The quantitative estimate of drug-likeness (QED) is 0.544. The zero-order valence-corrected chi connectivity index (χ0v) is 10.9. The Hall–Kier alpha value is -1.70. The first-order valence-corrected chi connectivity index (χ1v) is 5.86. The third-order valence-electron chi connectivity index (χ3n) is 2.47. The van der Waals surface area contributed by atoms with Crippen molar-refractivity contribution in [3.8, 4) is 0 Å². The number of carbonyl (C=O) groups excluding carboxylic acids is 1. The van der Waals surface area contributed by atoms with Gasteiger partial charge in [0.15, 0.2) is 0 Å². The molecule has 1 aromatic carbocycles. The number of aliphatic hydroxyl groups excluding tert-OH is 1. The number of benzene rings is 1. The maximum atomic E-state index is 11.8. The topological polar surface area (TPSA) is 118 Å². The van der Waals surface area contributed by atoms with Gasteiger partial charge in [-0.25, -0.2) is 0 Å². The Bertz CT molecular complexity index is 493. The molecule has 1 aromatic rings. The lowest BCUT2D eigenvalue weighted by atomic mass is 10.1. The number of carbonyl (C=O) groups is 1. The molecule has 0 fully saturated rings. The van der Waals surface area contributed by atoms with E-state index >= 15 is 0 Å². The summed E-state index contributed by atoms with van der Waals surface area (Å²) >= 11 is 5.70. The molecule has 0 spiro atoms. The number of hydrogen-bond acceptors (Lipinski definition) is 5. The molecule has 0 heterocycles. The standard InChI is InChI=1S/C11H14ClN3O4/c1-6(16)10(13)5-14-11(17)7-2-8(12)4-9(3-7)15(18)19/h2-4,6,10,16H,5,13H2,1H3,(H,14,17). The van der Waals surface area contributed by atoms with Crippen molar-refractivity contribution in [2.45, 2.75) is 19.1 Å². The van der Waals surface area contributed by atoms with Crippen LogP contribution in [0.2, 0.25) is 5.02 Å². The van der Waals surface area contributed by atoms with Crippen LogP contribution in [0.3, 0.4) is 0 Å². The number of nitro groups is 1. The lowest BCUT2D eigenvalue weighted by Gasteiger charge is -2.15. The van der Waals surface area contributed by atoms with Gasteiger partial charge in [0.25, 0.3) is 11.6 Å². The Morgan fingerprint density at radius 2 is 2.21 bits per heavy atom. The van der Waals surface area contributed by atoms with Gasteiger partial charge in [-0.3, -0.25) is 14.9 Å². The van der Waals surface area contributed by atoms with Crippen LogP contribution in [0.5, 0.6) is 0 Å². The van der Waals surface area contributed by atoms with Crippen molar-refractivity contribution >= 4 is 23.2 Å². The minimum Gasteiger partial charge on any atom is -0.392 e. The van der Waals surface area contributed by atoms with E-state index in [9.17, 15) is 20.0 Å². The van der Waals surface area contributed by atoms with Gasteiger partial charge in [-0.05, 0) is 13.0 Å². The number of hydrogen-bond donors (Lipinski definition) is 3. The summed E-state index contributed by atoms with van der Waals surface area (Å²) in [5, 5.41) is 22.4. The molecule has 0 saturated carbocycles. The summed E-state index contributed by atoms with van der Waals surface area (Å²) in [5.74, 6) is -0.540. The molecular formula is C11H14ClN3O4. The maximum Gasteiger partial charge on any atom is 0.271 e. The number of nitrogens with one attached hydrogen (secondary N) is 1. The molecule has 2 unspecified atom stereocenters. The van der Waals surface area contributed by atoms with E-state index in [0.29, 0.717) is 0 Å². The highest BCUT2D eigenvalue weighted by atomic mass is 35.5. The lowest BCUT2D eigenvalue weighted by molar-refractivity contribution is -0.384. The summed E-state index contributed by atoms with van der Waals surface area (Å²) in [4.78, 5) is 21.8. The lowest BCUT2D eigenvalue weighted by Crippen LogP contribution is -2.43. The molecular weight excluding hydrogens is 274 g/mol. The summed E-state index contributed by atoms with van der Waals surface area (Å²) < 4.78 is 0. The van der Waals surface area contributed by atoms with Crippen LogP contribution in [0, 0.1) is 10.1 Å². The molecule has 0 saturated heterocycles. The average Bonchev–Trinajstić information content (AvgIpc) is 2.34. The Balaban J connectivity index is 2.80. The summed E-state index contributed by atoms with van der Waals surface area (Å²) in [6, 6.07) is 2.98. The molecule has 0 aliphatic carbocycles. The van der Waals surface area contributed by atoms with E-state index in [1.807, 2.05) is 0 Å². The normalized spacial score (nSPS) is 13.7. The molecule has 0 aliphatic rings. The van der Waals surface area contributed by atoms with E-state index in [-0.39, 0.29) is 22.8 Å². The van der Waals surface area contributed by atoms with Gasteiger partial charge >= 0.3 is 0 Å². The molecule has 0 aromatic heterocycles.